The number of carboxylic acid groups (broad SMARTS) is 1. The maximum Gasteiger partial charge on any atom is 0.430 e. The summed E-state index contributed by atoms with van der Waals surface area (Å²) in [6.07, 6.45) is -2.75. The molecule has 2 aliphatic heterocycles. The number of primary amides is 1. The molecule has 2 aliphatic rings. The van der Waals surface area contributed by atoms with Crippen LogP contribution in [-0.2, 0) is 27.3 Å². The Morgan fingerprint density at radius 1 is 1.04 bits per heavy atom. The number of quaternary nitrogens is 1. The third-order valence-electron chi connectivity index (χ3n) is 8.59. The van der Waals surface area contributed by atoms with Gasteiger partial charge in [-0.15, -0.1) is 0 Å². The highest BCUT2D eigenvalue weighted by atomic mass is 19.4. The SMILES string of the molecule is CCCOC(=O)c1ccc(NC(=O)N([C@@H]2CCC[N+](C)(Cc3ccc4c(c3)OCO4)C2)[C@@H](Cc2ccc(O)cc2)C(N)=O)cc1.O=C([O-])C(F)(F)F. The molecule has 13 nitrogen and oxygen atoms in total. The van der Waals surface area contributed by atoms with Gasteiger partial charge in [-0.1, -0.05) is 19.1 Å². The molecule has 5 rings (SSSR count). The number of nitrogens with one attached hydrogen (secondary N) is 1. The first-order valence-electron chi connectivity index (χ1n) is 16.5. The summed E-state index contributed by atoms with van der Waals surface area (Å²) in [5, 5.41) is 21.5. The number of aromatic hydroxyl groups is 1. The van der Waals surface area contributed by atoms with Gasteiger partial charge in [0.05, 0.1) is 38.3 Å². The first-order valence-corrected chi connectivity index (χ1v) is 16.5. The van der Waals surface area contributed by atoms with E-state index in [9.17, 15) is 32.7 Å². The second kappa shape index (κ2) is 17.1. The second-order valence-corrected chi connectivity index (χ2v) is 12.8. The number of carbonyl (C=O) groups is 4. The van der Waals surface area contributed by atoms with E-state index in [1.54, 1.807) is 53.4 Å². The molecule has 0 aromatic heterocycles. The van der Waals surface area contributed by atoms with Crippen LogP contribution >= 0.6 is 0 Å². The van der Waals surface area contributed by atoms with Gasteiger partial charge in [-0.05, 0) is 79.4 Å². The van der Waals surface area contributed by atoms with Crippen LogP contribution in [0.15, 0.2) is 66.7 Å². The number of anilines is 1. The van der Waals surface area contributed by atoms with E-state index >= 15 is 0 Å². The number of hydrogen-bond acceptors (Lipinski definition) is 9. The highest BCUT2D eigenvalue weighted by molar-refractivity contribution is 5.95. The van der Waals surface area contributed by atoms with Gasteiger partial charge in [0.15, 0.2) is 11.5 Å². The van der Waals surface area contributed by atoms with Crippen LogP contribution < -0.4 is 25.6 Å². The monoisotopic (exact) mass is 730 g/mol. The number of benzene rings is 3. The van der Waals surface area contributed by atoms with E-state index in [1.165, 1.54) is 0 Å². The number of piperidine rings is 1. The highest BCUT2D eigenvalue weighted by Gasteiger charge is 2.41. The number of fused-ring (bicyclic) bond motifs is 1. The van der Waals surface area contributed by atoms with E-state index in [0.717, 1.165) is 42.0 Å². The number of nitrogens with two attached hydrogens (primary N) is 1. The molecule has 52 heavy (non-hydrogen) atoms. The van der Waals surface area contributed by atoms with Gasteiger partial charge < -0.3 is 49.7 Å². The molecular weight excluding hydrogens is 689 g/mol. The number of rotatable bonds is 11. The van der Waals surface area contributed by atoms with E-state index in [4.69, 9.17) is 29.8 Å². The maximum atomic E-state index is 14.1. The molecule has 2 heterocycles. The summed E-state index contributed by atoms with van der Waals surface area (Å²) in [5.41, 5.74) is 8.70. The molecule has 0 aliphatic carbocycles. The normalized spacial score (nSPS) is 18.3. The maximum absolute atomic E-state index is 14.1. The van der Waals surface area contributed by atoms with Crippen LogP contribution in [0.1, 0.15) is 47.7 Å². The summed E-state index contributed by atoms with van der Waals surface area (Å²) in [5.74, 6) is -2.50. The molecule has 1 unspecified atom stereocenters. The average Bonchev–Trinajstić information content (AvgIpc) is 3.56. The van der Waals surface area contributed by atoms with Crippen LogP contribution in [0.3, 0.4) is 0 Å². The average molecular weight is 731 g/mol. The molecule has 280 valence electrons. The number of urea groups is 1. The van der Waals surface area contributed by atoms with Crippen molar-refractivity contribution in [1.82, 2.24) is 4.90 Å². The molecule has 0 bridgehead atoms. The Hall–Kier alpha value is -5.51. The molecular formula is C36H41F3N4O9. The number of phenols is 1. The molecule has 1 fully saturated rings. The van der Waals surface area contributed by atoms with Gasteiger partial charge in [-0.25, -0.2) is 9.59 Å². The molecule has 3 amide bonds. The van der Waals surface area contributed by atoms with Crippen molar-refractivity contribution in [3.63, 3.8) is 0 Å². The van der Waals surface area contributed by atoms with Crippen molar-refractivity contribution in [3.05, 3.63) is 83.4 Å². The number of esters is 1. The van der Waals surface area contributed by atoms with Crippen LogP contribution in [0.4, 0.5) is 23.7 Å². The lowest BCUT2D eigenvalue weighted by Gasteiger charge is -2.46. The second-order valence-electron chi connectivity index (χ2n) is 12.8. The van der Waals surface area contributed by atoms with Crippen molar-refractivity contribution in [2.45, 2.75) is 57.4 Å². The number of phenolic OH excluding ortho intramolecular Hbond substituents is 1. The summed E-state index contributed by atoms with van der Waals surface area (Å²) < 4.78 is 48.5. The predicted molar refractivity (Wildman–Crippen MR) is 179 cm³/mol. The Balaban J connectivity index is 0.000000785. The van der Waals surface area contributed by atoms with Gasteiger partial charge in [0.1, 0.15) is 24.3 Å². The zero-order valence-electron chi connectivity index (χ0n) is 28.7. The Labute approximate surface area is 298 Å². The van der Waals surface area contributed by atoms with Crippen LogP contribution in [0.2, 0.25) is 0 Å². The lowest BCUT2D eigenvalue weighted by atomic mass is 9.96. The smallest absolute Gasteiger partial charge is 0.430 e. The number of hydrogen-bond donors (Lipinski definition) is 3. The highest BCUT2D eigenvalue weighted by Crippen LogP contribution is 2.34. The zero-order valence-corrected chi connectivity index (χ0v) is 28.7. The van der Waals surface area contributed by atoms with Crippen LogP contribution in [-0.4, -0.2) is 90.2 Å². The summed E-state index contributed by atoms with van der Waals surface area (Å²) >= 11 is 0. The third-order valence-corrected chi connectivity index (χ3v) is 8.59. The number of alkyl halides is 3. The third kappa shape index (κ3) is 10.7. The van der Waals surface area contributed by atoms with E-state index in [0.29, 0.717) is 41.9 Å². The molecule has 0 radical (unpaired) electrons. The van der Waals surface area contributed by atoms with Gasteiger partial charge in [0, 0.05) is 17.7 Å². The largest absolute Gasteiger partial charge is 0.542 e. The minimum atomic E-state index is -5.19. The fourth-order valence-electron chi connectivity index (χ4n) is 6.16. The van der Waals surface area contributed by atoms with Crippen molar-refractivity contribution >= 4 is 29.6 Å². The molecule has 3 aromatic rings. The van der Waals surface area contributed by atoms with Crippen LogP contribution in [0, 0.1) is 0 Å². The molecule has 4 N–H and O–H groups in total. The van der Waals surface area contributed by atoms with E-state index in [1.807, 2.05) is 25.1 Å². The molecule has 1 saturated heterocycles. The summed E-state index contributed by atoms with van der Waals surface area (Å²) in [6.45, 7) is 4.66. The number of carbonyl (C=O) groups excluding carboxylic acids is 4. The minimum absolute atomic E-state index is 0.106. The summed E-state index contributed by atoms with van der Waals surface area (Å²) in [7, 11) is 2.16. The Bertz CT molecular complexity index is 1720. The topological polar surface area (TPSA) is 181 Å². The predicted octanol–water partition coefficient (Wildman–Crippen LogP) is 3.73. The van der Waals surface area contributed by atoms with Crippen molar-refractivity contribution < 1.29 is 61.3 Å². The number of likely N-dealkylation sites (tertiary alicyclic amines) is 1. The molecule has 3 atom stereocenters. The van der Waals surface area contributed by atoms with Gasteiger partial charge in [-0.2, -0.15) is 13.2 Å². The molecule has 3 aromatic carbocycles. The van der Waals surface area contributed by atoms with Crippen molar-refractivity contribution in [2.24, 2.45) is 5.73 Å². The number of likely N-dealkylation sites (N-methyl/N-ethyl adjacent to an activating group) is 1. The standard InChI is InChI=1S/C34H40N4O7.C2HF3O2/c1-3-17-43-33(41)25-9-11-26(12-10-25)36-34(42)37(29(32(35)40)18-23-6-13-28(39)14-7-23)27-5-4-16-38(2,21-27)20-24-8-15-30-31(19-24)45-22-44-30;3-2(4,5)1(6)7/h6-15,19,27,29H,3-5,16-18,20-22H2,1-2H3,(H3-,35,36,39,40,41,42);(H,6,7)/t27-,29+,38?;/m1./s1. The molecule has 0 saturated carbocycles. The number of nitrogens with zero attached hydrogens (tertiary/aromatic N) is 2. The summed E-state index contributed by atoms with van der Waals surface area (Å²) in [4.78, 5) is 49.8. The Kier molecular flexibility index (Phi) is 12.9. The molecule has 0 spiro atoms. The van der Waals surface area contributed by atoms with E-state index in [-0.39, 0.29) is 25.0 Å². The lowest BCUT2D eigenvalue weighted by Crippen LogP contribution is -2.62. The Morgan fingerprint density at radius 3 is 2.29 bits per heavy atom. The minimum Gasteiger partial charge on any atom is -0.542 e. The lowest BCUT2D eigenvalue weighted by molar-refractivity contribution is -0.928. The van der Waals surface area contributed by atoms with Gasteiger partial charge in [0.25, 0.3) is 0 Å². The van der Waals surface area contributed by atoms with Crippen molar-refractivity contribution in [3.8, 4) is 17.2 Å². The fraction of sp³-hybridized carbons (Fsp3) is 0.389. The van der Waals surface area contributed by atoms with Gasteiger partial charge >= 0.3 is 18.2 Å². The number of carboxylic acids is 1. The van der Waals surface area contributed by atoms with E-state index in [2.05, 4.69) is 12.4 Å². The number of aliphatic carboxylic acids is 1. The van der Waals surface area contributed by atoms with Crippen molar-refractivity contribution in [2.75, 3.05) is 38.9 Å². The number of amides is 3. The van der Waals surface area contributed by atoms with Gasteiger partial charge in [-0.3, -0.25) is 4.79 Å². The van der Waals surface area contributed by atoms with Gasteiger partial charge in [0.2, 0.25) is 12.7 Å². The zero-order chi connectivity index (χ0) is 38.1. The van der Waals surface area contributed by atoms with Crippen LogP contribution in [0.5, 0.6) is 17.2 Å². The first-order chi connectivity index (χ1) is 24.6. The first kappa shape index (κ1) is 39.3. The summed E-state index contributed by atoms with van der Waals surface area (Å²) in [6, 6.07) is 17.3. The quantitative estimate of drug-likeness (QED) is 0.196. The number of halogens is 3. The van der Waals surface area contributed by atoms with Crippen LogP contribution in [0.25, 0.3) is 0 Å². The van der Waals surface area contributed by atoms with E-state index < -0.39 is 36.1 Å². The molecule has 16 heteroatoms. The number of ether oxygens (including phenoxy) is 3. The fourth-order valence-corrected chi connectivity index (χ4v) is 6.16. The van der Waals surface area contributed by atoms with Crippen molar-refractivity contribution in [1.29, 1.82) is 0 Å². The Morgan fingerprint density at radius 2 is 1.67 bits per heavy atom.